The van der Waals surface area contributed by atoms with Gasteiger partial charge < -0.3 is 5.11 Å². The normalized spacial score (nSPS) is 9.39. The molecule has 0 fully saturated rings. The number of carboxylic acids is 1. The van der Waals surface area contributed by atoms with Gasteiger partial charge in [0.25, 0.3) is 0 Å². The van der Waals surface area contributed by atoms with E-state index in [1.165, 1.54) is 18.5 Å². The van der Waals surface area contributed by atoms with Crippen LogP contribution >= 0.6 is 11.6 Å². The van der Waals surface area contributed by atoms with Gasteiger partial charge in [0.2, 0.25) is 0 Å². The second kappa shape index (κ2) is 5.30. The molecule has 0 aromatic carbocycles. The molecule has 0 atom stereocenters. The fourth-order valence-corrected chi connectivity index (χ4v) is 1.39. The summed E-state index contributed by atoms with van der Waals surface area (Å²) in [7, 11) is 0. The topological polar surface area (TPSA) is 63.1 Å². The van der Waals surface area contributed by atoms with E-state index >= 15 is 0 Å². The lowest BCUT2D eigenvalue weighted by atomic mass is 10.2. The van der Waals surface area contributed by atoms with Crippen LogP contribution in [0, 0.1) is 11.8 Å². The van der Waals surface area contributed by atoms with Crippen LogP contribution < -0.4 is 0 Å². The van der Waals surface area contributed by atoms with Crippen molar-refractivity contribution in [3.63, 3.8) is 0 Å². The van der Waals surface area contributed by atoms with E-state index in [1.807, 2.05) is 0 Å². The standard InChI is InChI=1S/C13H7ClN2O2/c14-11-5-10(6-15-8-11)2-1-9-3-4-12(13(17)18)16-7-9/h3-8H,(H,17,18). The van der Waals surface area contributed by atoms with Crippen LogP contribution in [0.4, 0.5) is 0 Å². The Morgan fingerprint density at radius 2 is 1.94 bits per heavy atom. The summed E-state index contributed by atoms with van der Waals surface area (Å²) < 4.78 is 0. The predicted molar refractivity (Wildman–Crippen MR) is 66.4 cm³/mol. The Hall–Kier alpha value is -2.38. The first-order valence-electron chi connectivity index (χ1n) is 4.97. The van der Waals surface area contributed by atoms with Crippen molar-refractivity contribution in [2.24, 2.45) is 0 Å². The molecular weight excluding hydrogens is 252 g/mol. The van der Waals surface area contributed by atoms with Gasteiger partial charge in [-0.25, -0.2) is 9.78 Å². The number of aromatic nitrogens is 2. The Bertz CT molecular complexity index is 642. The predicted octanol–water partition coefficient (Wildman–Crippen LogP) is 2.23. The van der Waals surface area contributed by atoms with Crippen LogP contribution in [0.25, 0.3) is 0 Å². The molecule has 2 aromatic rings. The molecule has 0 saturated heterocycles. The molecule has 4 nitrogen and oxygen atoms in total. The molecule has 0 radical (unpaired) electrons. The van der Waals surface area contributed by atoms with Gasteiger partial charge in [0.05, 0.1) is 5.02 Å². The highest BCUT2D eigenvalue weighted by molar-refractivity contribution is 6.30. The first kappa shape index (κ1) is 12.1. The molecule has 0 saturated carbocycles. The highest BCUT2D eigenvalue weighted by Crippen LogP contribution is 2.07. The highest BCUT2D eigenvalue weighted by atomic mass is 35.5. The third-order valence-corrected chi connectivity index (χ3v) is 2.25. The molecule has 1 N–H and O–H groups in total. The Balaban J connectivity index is 2.22. The van der Waals surface area contributed by atoms with Crippen molar-refractivity contribution in [3.05, 3.63) is 58.6 Å². The van der Waals surface area contributed by atoms with Crippen molar-refractivity contribution in [1.82, 2.24) is 9.97 Å². The Labute approximate surface area is 108 Å². The molecule has 0 aliphatic heterocycles. The van der Waals surface area contributed by atoms with Gasteiger partial charge in [-0.3, -0.25) is 4.98 Å². The van der Waals surface area contributed by atoms with Crippen LogP contribution in [0.15, 0.2) is 36.8 Å². The maximum Gasteiger partial charge on any atom is 0.354 e. The van der Waals surface area contributed by atoms with Crippen molar-refractivity contribution >= 4 is 17.6 Å². The maximum absolute atomic E-state index is 10.6. The SMILES string of the molecule is O=C(O)c1ccc(C#Cc2cncc(Cl)c2)cn1. The molecule has 0 bridgehead atoms. The Morgan fingerprint density at radius 3 is 2.56 bits per heavy atom. The summed E-state index contributed by atoms with van der Waals surface area (Å²) in [4.78, 5) is 18.3. The Kier molecular flexibility index (Phi) is 3.56. The minimum absolute atomic E-state index is 0.00928. The molecule has 0 spiro atoms. The van der Waals surface area contributed by atoms with Crippen molar-refractivity contribution in [2.75, 3.05) is 0 Å². The molecule has 2 rings (SSSR count). The van der Waals surface area contributed by atoms with Crippen molar-refractivity contribution < 1.29 is 9.90 Å². The zero-order valence-corrected chi connectivity index (χ0v) is 9.85. The number of pyridine rings is 2. The lowest BCUT2D eigenvalue weighted by molar-refractivity contribution is 0.0690. The average Bonchev–Trinajstić information content (AvgIpc) is 2.37. The van der Waals surface area contributed by atoms with Crippen molar-refractivity contribution in [2.45, 2.75) is 0 Å². The highest BCUT2D eigenvalue weighted by Gasteiger charge is 2.01. The molecule has 2 aromatic heterocycles. The molecule has 2 heterocycles. The zero-order valence-electron chi connectivity index (χ0n) is 9.09. The molecule has 0 aliphatic rings. The summed E-state index contributed by atoms with van der Waals surface area (Å²) in [5.74, 6) is 4.65. The van der Waals surface area contributed by atoms with Crippen molar-refractivity contribution in [1.29, 1.82) is 0 Å². The molecule has 0 unspecified atom stereocenters. The van der Waals surface area contributed by atoms with Crippen LogP contribution in [0.1, 0.15) is 21.6 Å². The molecule has 18 heavy (non-hydrogen) atoms. The van der Waals surface area contributed by atoms with Gasteiger partial charge in [0, 0.05) is 29.7 Å². The lowest BCUT2D eigenvalue weighted by Crippen LogP contribution is -1.99. The van der Waals surface area contributed by atoms with Gasteiger partial charge in [0.1, 0.15) is 5.69 Å². The third-order valence-electron chi connectivity index (χ3n) is 2.04. The minimum Gasteiger partial charge on any atom is -0.477 e. The lowest BCUT2D eigenvalue weighted by Gasteiger charge is -1.93. The molecule has 88 valence electrons. The number of aromatic carboxylic acids is 1. The van der Waals surface area contributed by atoms with Gasteiger partial charge in [0.15, 0.2) is 0 Å². The Morgan fingerprint density at radius 1 is 1.17 bits per heavy atom. The number of hydrogen-bond acceptors (Lipinski definition) is 3. The largest absolute Gasteiger partial charge is 0.477 e. The van der Waals surface area contributed by atoms with E-state index in [4.69, 9.17) is 16.7 Å². The summed E-state index contributed by atoms with van der Waals surface area (Å²) in [5, 5.41) is 9.21. The van der Waals surface area contributed by atoms with Gasteiger partial charge in [-0.2, -0.15) is 0 Å². The summed E-state index contributed by atoms with van der Waals surface area (Å²) in [6.07, 6.45) is 4.53. The van der Waals surface area contributed by atoms with E-state index in [0.29, 0.717) is 16.1 Å². The van der Waals surface area contributed by atoms with E-state index in [-0.39, 0.29) is 5.69 Å². The quantitative estimate of drug-likeness (QED) is 0.797. The minimum atomic E-state index is -1.06. The van der Waals surface area contributed by atoms with Crippen LogP contribution in [0.2, 0.25) is 5.02 Å². The number of carboxylic acid groups (broad SMARTS) is 1. The van der Waals surface area contributed by atoms with Gasteiger partial charge >= 0.3 is 5.97 Å². The van der Waals surface area contributed by atoms with E-state index in [2.05, 4.69) is 21.8 Å². The second-order valence-corrected chi connectivity index (χ2v) is 3.82. The van der Waals surface area contributed by atoms with Gasteiger partial charge in [-0.1, -0.05) is 23.4 Å². The monoisotopic (exact) mass is 258 g/mol. The molecule has 0 amide bonds. The van der Waals surface area contributed by atoms with Crippen LogP contribution in [0.5, 0.6) is 0 Å². The first-order valence-corrected chi connectivity index (χ1v) is 5.35. The molecular formula is C13H7ClN2O2. The number of carbonyl (C=O) groups is 1. The number of hydrogen-bond donors (Lipinski definition) is 1. The van der Waals surface area contributed by atoms with E-state index in [0.717, 1.165) is 0 Å². The third kappa shape index (κ3) is 3.06. The van der Waals surface area contributed by atoms with E-state index < -0.39 is 5.97 Å². The fraction of sp³-hybridized carbons (Fsp3) is 0. The average molecular weight is 259 g/mol. The summed E-state index contributed by atoms with van der Waals surface area (Å²) in [6.45, 7) is 0. The zero-order chi connectivity index (χ0) is 13.0. The summed E-state index contributed by atoms with van der Waals surface area (Å²) in [5.41, 5.74) is 1.30. The second-order valence-electron chi connectivity index (χ2n) is 3.38. The number of rotatable bonds is 1. The first-order chi connectivity index (χ1) is 8.65. The van der Waals surface area contributed by atoms with E-state index in [1.54, 1.807) is 18.3 Å². The van der Waals surface area contributed by atoms with Gasteiger partial charge in [-0.05, 0) is 18.2 Å². The van der Waals surface area contributed by atoms with Crippen molar-refractivity contribution in [3.8, 4) is 11.8 Å². The number of halogens is 1. The summed E-state index contributed by atoms with van der Waals surface area (Å²) in [6, 6.07) is 4.70. The van der Waals surface area contributed by atoms with Crippen LogP contribution in [-0.4, -0.2) is 21.0 Å². The van der Waals surface area contributed by atoms with Crippen LogP contribution in [-0.2, 0) is 0 Å². The maximum atomic E-state index is 10.6. The summed E-state index contributed by atoms with van der Waals surface area (Å²) >= 11 is 5.77. The smallest absolute Gasteiger partial charge is 0.354 e. The van der Waals surface area contributed by atoms with E-state index in [9.17, 15) is 4.79 Å². The fourth-order valence-electron chi connectivity index (χ4n) is 1.22. The van der Waals surface area contributed by atoms with Gasteiger partial charge in [-0.15, -0.1) is 0 Å². The molecule has 5 heteroatoms. The number of nitrogens with zero attached hydrogens (tertiary/aromatic N) is 2. The molecule has 0 aliphatic carbocycles. The van der Waals surface area contributed by atoms with Crippen LogP contribution in [0.3, 0.4) is 0 Å².